The van der Waals surface area contributed by atoms with Crippen LogP contribution >= 0.6 is 0 Å². The second-order valence-corrected chi connectivity index (χ2v) is 18.8. The maximum Gasteiger partial charge on any atom is 0.306 e. The summed E-state index contributed by atoms with van der Waals surface area (Å²) in [4.78, 5) is 37.9. The molecule has 0 radical (unpaired) electrons. The lowest BCUT2D eigenvalue weighted by Gasteiger charge is -2.18. The number of rotatable bonds is 51. The van der Waals surface area contributed by atoms with E-state index in [0.717, 1.165) is 148 Å². The molecule has 0 aliphatic rings. The SMILES string of the molecule is CC/C=C\C/C=C\C/C=C\C/C=C\C/C=C\C/C=C\C/C=C\CCCCCCCCCCCC(=O)OCC(COC(=O)CCCCCCCC)OC(=O)CCCCCC/C=C\C/C=C\C/C=C\C/C=C\CC. The molecule has 0 spiro atoms. The Bertz CT molecular complexity index is 1560. The first-order valence-corrected chi connectivity index (χ1v) is 29.2. The molecule has 0 heterocycles. The summed E-state index contributed by atoms with van der Waals surface area (Å²) >= 11 is 0. The van der Waals surface area contributed by atoms with Crippen molar-refractivity contribution < 1.29 is 28.6 Å². The number of carbonyl (C=O) groups is 3. The van der Waals surface area contributed by atoms with E-state index in [2.05, 4.69) is 154 Å². The van der Waals surface area contributed by atoms with Gasteiger partial charge in [-0.3, -0.25) is 14.4 Å². The molecule has 0 aliphatic carbocycles. The molecule has 0 saturated heterocycles. The van der Waals surface area contributed by atoms with Crippen LogP contribution in [0, 0.1) is 0 Å². The predicted octanol–water partition coefficient (Wildman–Crippen LogP) is 19.8. The number of hydrogen-bond acceptors (Lipinski definition) is 6. The first kappa shape index (κ1) is 67.5. The van der Waals surface area contributed by atoms with Crippen LogP contribution in [0.25, 0.3) is 0 Å². The minimum absolute atomic E-state index is 0.0929. The van der Waals surface area contributed by atoms with E-state index < -0.39 is 6.10 Å². The quantitative estimate of drug-likeness (QED) is 0.0261. The largest absolute Gasteiger partial charge is 0.462 e. The molecule has 0 aromatic rings. The van der Waals surface area contributed by atoms with E-state index in [0.29, 0.717) is 19.3 Å². The van der Waals surface area contributed by atoms with E-state index >= 15 is 0 Å². The Kier molecular flexibility index (Phi) is 55.5. The molecule has 6 nitrogen and oxygen atoms in total. The van der Waals surface area contributed by atoms with Crippen LogP contribution in [0.4, 0.5) is 0 Å². The summed E-state index contributed by atoms with van der Waals surface area (Å²) in [5.74, 6) is -0.938. The van der Waals surface area contributed by atoms with Gasteiger partial charge in [-0.05, 0) is 116 Å². The molecule has 72 heavy (non-hydrogen) atoms. The second-order valence-electron chi connectivity index (χ2n) is 18.8. The Morgan fingerprint density at radius 3 is 0.847 bits per heavy atom. The summed E-state index contributed by atoms with van der Waals surface area (Å²) in [6.45, 7) is 6.31. The van der Waals surface area contributed by atoms with E-state index in [-0.39, 0.29) is 31.1 Å². The topological polar surface area (TPSA) is 78.9 Å². The van der Waals surface area contributed by atoms with Gasteiger partial charge in [0.25, 0.3) is 0 Å². The number of ether oxygens (including phenoxy) is 3. The molecule has 0 bridgehead atoms. The highest BCUT2D eigenvalue weighted by atomic mass is 16.6. The zero-order valence-corrected chi connectivity index (χ0v) is 46.4. The number of carbonyl (C=O) groups excluding carboxylic acids is 3. The van der Waals surface area contributed by atoms with Crippen LogP contribution < -0.4 is 0 Å². The van der Waals surface area contributed by atoms with E-state index in [1.165, 1.54) is 57.8 Å². The number of unbranched alkanes of at least 4 members (excludes halogenated alkanes) is 18. The highest BCUT2D eigenvalue weighted by Crippen LogP contribution is 2.14. The fourth-order valence-electron chi connectivity index (χ4n) is 7.59. The van der Waals surface area contributed by atoms with Crippen LogP contribution in [0.5, 0.6) is 0 Å². The average Bonchev–Trinajstić information content (AvgIpc) is 3.38. The molecule has 0 amide bonds. The van der Waals surface area contributed by atoms with E-state index in [4.69, 9.17) is 14.2 Å². The molecule has 1 unspecified atom stereocenters. The zero-order chi connectivity index (χ0) is 52.2. The van der Waals surface area contributed by atoms with Crippen molar-refractivity contribution in [3.63, 3.8) is 0 Å². The second kappa shape index (κ2) is 59.1. The zero-order valence-electron chi connectivity index (χ0n) is 46.4. The van der Waals surface area contributed by atoms with Crippen molar-refractivity contribution in [3.05, 3.63) is 134 Å². The third kappa shape index (κ3) is 56.5. The maximum absolute atomic E-state index is 12.8. The van der Waals surface area contributed by atoms with Crippen LogP contribution in [0.1, 0.15) is 245 Å². The monoisotopic (exact) mass is 995 g/mol. The van der Waals surface area contributed by atoms with Crippen molar-refractivity contribution in [2.45, 2.75) is 252 Å². The van der Waals surface area contributed by atoms with Crippen molar-refractivity contribution in [2.75, 3.05) is 13.2 Å². The smallest absolute Gasteiger partial charge is 0.306 e. The molecule has 0 fully saturated rings. The van der Waals surface area contributed by atoms with Crippen LogP contribution in [-0.4, -0.2) is 37.2 Å². The molecular formula is C66H106O6. The van der Waals surface area contributed by atoms with Gasteiger partial charge in [0.05, 0.1) is 0 Å². The van der Waals surface area contributed by atoms with Gasteiger partial charge in [0.15, 0.2) is 6.10 Å². The van der Waals surface area contributed by atoms with Crippen molar-refractivity contribution in [3.8, 4) is 0 Å². The average molecular weight is 996 g/mol. The summed E-state index contributed by atoms with van der Waals surface area (Å²) in [5, 5.41) is 0. The van der Waals surface area contributed by atoms with Gasteiger partial charge in [-0.2, -0.15) is 0 Å². The summed E-state index contributed by atoms with van der Waals surface area (Å²) in [6.07, 6.45) is 83.4. The molecule has 0 aromatic carbocycles. The van der Waals surface area contributed by atoms with Gasteiger partial charge in [-0.25, -0.2) is 0 Å². The van der Waals surface area contributed by atoms with Crippen LogP contribution in [-0.2, 0) is 28.6 Å². The van der Waals surface area contributed by atoms with Gasteiger partial charge >= 0.3 is 17.9 Å². The van der Waals surface area contributed by atoms with Gasteiger partial charge in [0.1, 0.15) is 13.2 Å². The van der Waals surface area contributed by atoms with E-state index in [9.17, 15) is 14.4 Å². The minimum atomic E-state index is -0.794. The van der Waals surface area contributed by atoms with Crippen molar-refractivity contribution in [2.24, 2.45) is 0 Å². The molecule has 0 saturated carbocycles. The Labute approximate surface area is 443 Å². The first-order valence-electron chi connectivity index (χ1n) is 29.2. The van der Waals surface area contributed by atoms with Gasteiger partial charge < -0.3 is 14.2 Å². The molecule has 1 atom stereocenters. The molecule has 0 N–H and O–H groups in total. The minimum Gasteiger partial charge on any atom is -0.462 e. The fourth-order valence-corrected chi connectivity index (χ4v) is 7.59. The van der Waals surface area contributed by atoms with Crippen LogP contribution in [0.2, 0.25) is 0 Å². The fraction of sp³-hybridized carbons (Fsp3) is 0.621. The number of allylic oxidation sites excluding steroid dienone is 22. The van der Waals surface area contributed by atoms with Gasteiger partial charge in [-0.15, -0.1) is 0 Å². The Morgan fingerprint density at radius 2 is 0.542 bits per heavy atom. The van der Waals surface area contributed by atoms with Crippen molar-refractivity contribution in [1.29, 1.82) is 0 Å². The third-order valence-corrected chi connectivity index (χ3v) is 11.9. The van der Waals surface area contributed by atoms with Crippen molar-refractivity contribution >= 4 is 17.9 Å². The van der Waals surface area contributed by atoms with Gasteiger partial charge in [0.2, 0.25) is 0 Å². The lowest BCUT2D eigenvalue weighted by molar-refractivity contribution is -0.167. The summed E-state index contributed by atoms with van der Waals surface area (Å²) in [5.41, 5.74) is 0. The van der Waals surface area contributed by atoms with Gasteiger partial charge in [-0.1, -0.05) is 244 Å². The Balaban J connectivity index is 4.16. The number of esters is 3. The predicted molar refractivity (Wildman–Crippen MR) is 311 cm³/mol. The molecule has 0 rings (SSSR count). The summed E-state index contributed by atoms with van der Waals surface area (Å²) < 4.78 is 16.7. The van der Waals surface area contributed by atoms with E-state index in [1.807, 2.05) is 0 Å². The Hall–Kier alpha value is -4.45. The lowest BCUT2D eigenvalue weighted by Crippen LogP contribution is -2.30. The number of hydrogen-bond donors (Lipinski definition) is 0. The summed E-state index contributed by atoms with van der Waals surface area (Å²) in [6, 6.07) is 0. The molecule has 0 aliphatic heterocycles. The molecule has 406 valence electrons. The summed E-state index contributed by atoms with van der Waals surface area (Å²) in [7, 11) is 0. The van der Waals surface area contributed by atoms with Gasteiger partial charge in [0, 0.05) is 19.3 Å². The first-order chi connectivity index (χ1) is 35.5. The lowest BCUT2D eigenvalue weighted by atomic mass is 10.1. The molecule has 6 heteroatoms. The van der Waals surface area contributed by atoms with Crippen LogP contribution in [0.15, 0.2) is 134 Å². The maximum atomic E-state index is 12.8. The molecular weight excluding hydrogens is 889 g/mol. The highest BCUT2D eigenvalue weighted by Gasteiger charge is 2.19. The highest BCUT2D eigenvalue weighted by molar-refractivity contribution is 5.71. The standard InChI is InChI=1S/C66H106O6/c1-4-7-10-13-16-18-20-22-24-26-27-28-29-30-31-32-33-34-35-36-37-38-39-41-42-44-46-48-50-53-56-59-65(68)71-62-63(61-70-64(67)58-55-52-15-12-9-6-3)72-66(69)60-57-54-51-49-47-45-43-40-25-23-21-19-17-14-11-8-5-2/h7-8,10-11,16-19,22-25,27-28,30-31,33-34,36-37,43,45,63H,4-6,9,12-15,20-21,26,29,32,35,38-42,44,46-62H2,1-3H3/b10-7-,11-8-,18-16-,19-17-,24-22-,25-23-,28-27-,31-30-,34-33-,37-36-,45-43-. The molecule has 0 aromatic heterocycles. The van der Waals surface area contributed by atoms with Crippen LogP contribution in [0.3, 0.4) is 0 Å². The third-order valence-electron chi connectivity index (χ3n) is 11.9. The van der Waals surface area contributed by atoms with E-state index in [1.54, 1.807) is 0 Å². The normalized spacial score (nSPS) is 13.1. The van der Waals surface area contributed by atoms with Crippen molar-refractivity contribution in [1.82, 2.24) is 0 Å². The Morgan fingerprint density at radius 1 is 0.292 bits per heavy atom.